The van der Waals surface area contributed by atoms with Crippen LogP contribution in [0.4, 0.5) is 21.2 Å². The normalized spacial score (nSPS) is 12.1. The largest absolute Gasteiger partial charge is 0.481 e. The van der Waals surface area contributed by atoms with Crippen LogP contribution in [0.25, 0.3) is 0 Å². The third-order valence-electron chi connectivity index (χ3n) is 14.4. The van der Waals surface area contributed by atoms with Crippen LogP contribution in [0.2, 0.25) is 20.1 Å². The molecule has 8 amide bonds. The molecule has 28 nitrogen and oxygen atoms in total. The Morgan fingerprint density at radius 2 is 0.765 bits per heavy atom. The van der Waals surface area contributed by atoms with Gasteiger partial charge in [-0.1, -0.05) is 58.5 Å². The molecule has 0 aliphatic carbocycles. The van der Waals surface area contributed by atoms with E-state index < -0.39 is 72.9 Å². The molecule has 2 aromatic carbocycles. The first-order chi connectivity index (χ1) is 47.2. The van der Waals surface area contributed by atoms with Crippen LogP contribution in [-0.2, 0) is 57.3 Å². The highest BCUT2D eigenvalue weighted by atomic mass is 35.5. The predicted molar refractivity (Wildman–Crippen MR) is 369 cm³/mol. The van der Waals surface area contributed by atoms with E-state index in [1.165, 1.54) is 36.4 Å². The molecule has 98 heavy (non-hydrogen) atoms. The van der Waals surface area contributed by atoms with Crippen molar-refractivity contribution in [2.75, 3.05) is 89.5 Å². The lowest BCUT2D eigenvalue weighted by molar-refractivity contribution is -0.139. The first kappa shape index (κ1) is 82.1. The Labute approximate surface area is 589 Å². The number of carboxylic acids is 2. The highest BCUT2D eigenvalue weighted by Crippen LogP contribution is 2.28. The molecule has 0 spiro atoms. The van der Waals surface area contributed by atoms with Crippen LogP contribution in [0.3, 0.4) is 0 Å². The summed E-state index contributed by atoms with van der Waals surface area (Å²) in [5, 5.41) is 48.5. The lowest BCUT2D eigenvalue weighted by Gasteiger charge is -2.23. The van der Waals surface area contributed by atoms with Gasteiger partial charge in [0.1, 0.15) is 36.9 Å². The highest BCUT2D eigenvalue weighted by Gasteiger charge is 2.28. The van der Waals surface area contributed by atoms with Gasteiger partial charge in [0.2, 0.25) is 35.4 Å². The number of anilines is 2. The number of benzene rings is 2. The Balaban J connectivity index is 1.000. The minimum Gasteiger partial charge on any atom is -0.481 e. The molecule has 4 rings (SSSR count). The van der Waals surface area contributed by atoms with E-state index in [2.05, 4.69) is 63.1 Å². The molecule has 2 heterocycles. The summed E-state index contributed by atoms with van der Waals surface area (Å²) in [5.41, 5.74) is 0.767. The maximum atomic E-state index is 13.7. The number of hydrogen-bond donors (Lipinski definition) is 12. The standard InChI is InChI=1S/C66H90Cl4N12O16/c67-47-37-45(38-48(68)41-47)53(43-61(87)88)81-63(91)51(79-59(85)19-5-11-25-73-55-17-3-9-23-71-55)15-1-7-27-75-57(83)21-31-95-33-35-97-65(93)77-29-13-14-30-78-66(94)98-36-34-96-32-22-58(84)76-28-8-2-16-52(80-60(86)20-6-12-26-74-56-18-4-10-24-72-56)64(92)82-54(44-62(89)90)46-39-49(69)42-50(70)40-46/h3-4,9-10,17-18,23-24,37-42,51-54H,1-2,5-8,11-16,19-22,25-36,43-44H2,(H,71,73)(H,72,74)(H,75,83)(H,76,84)(H,77,93)(H,78,94)(H,79,85)(H,80,86)(H,81,91)(H,82,92)(H,87,88)(H,89,90)/t51-,52-,53?,54?/m0/s1. The van der Waals surface area contributed by atoms with Crippen LogP contribution in [0.15, 0.2) is 85.2 Å². The van der Waals surface area contributed by atoms with Gasteiger partial charge >= 0.3 is 24.1 Å². The quantitative estimate of drug-likeness (QED) is 0.0185. The van der Waals surface area contributed by atoms with E-state index >= 15 is 0 Å². The number of carboxylic acid groups (broad SMARTS) is 2. The zero-order chi connectivity index (χ0) is 71.1. The molecule has 538 valence electrons. The van der Waals surface area contributed by atoms with Crippen molar-refractivity contribution in [2.24, 2.45) is 0 Å². The number of hydrogen-bond acceptors (Lipinski definition) is 18. The fraction of sp³-hybridized carbons (Fsp3) is 0.515. The van der Waals surface area contributed by atoms with Crippen molar-refractivity contribution in [3.05, 3.63) is 116 Å². The molecular formula is C66H90Cl4N12O16. The average Bonchev–Trinajstić information content (AvgIpc) is 0.888. The number of alkyl carbamates (subject to hydrolysis) is 2. The van der Waals surface area contributed by atoms with Crippen molar-refractivity contribution in [1.29, 1.82) is 0 Å². The van der Waals surface area contributed by atoms with Gasteiger partial charge in [-0.15, -0.1) is 0 Å². The predicted octanol–water partition coefficient (Wildman–Crippen LogP) is 8.21. The summed E-state index contributed by atoms with van der Waals surface area (Å²) < 4.78 is 21.1. The fourth-order valence-electron chi connectivity index (χ4n) is 9.44. The molecule has 0 bridgehead atoms. The molecule has 0 aliphatic heterocycles. The van der Waals surface area contributed by atoms with Crippen molar-refractivity contribution in [1.82, 2.24) is 52.5 Å². The third kappa shape index (κ3) is 38.6. The van der Waals surface area contributed by atoms with Gasteiger partial charge in [0.25, 0.3) is 0 Å². The number of aromatic nitrogens is 2. The zero-order valence-corrected chi connectivity index (χ0v) is 57.6. The molecule has 4 aromatic rings. The molecule has 0 saturated carbocycles. The van der Waals surface area contributed by atoms with Crippen LogP contribution >= 0.6 is 46.4 Å². The maximum Gasteiger partial charge on any atom is 0.407 e. The molecule has 0 fully saturated rings. The summed E-state index contributed by atoms with van der Waals surface area (Å²) in [6.07, 6.45) is 7.00. The van der Waals surface area contributed by atoms with E-state index in [1.54, 1.807) is 12.4 Å². The second kappa shape index (κ2) is 49.3. The number of rotatable bonds is 51. The Bertz CT molecular complexity index is 2870. The van der Waals surface area contributed by atoms with Crippen LogP contribution in [0, 0.1) is 0 Å². The summed E-state index contributed by atoms with van der Waals surface area (Å²) in [4.78, 5) is 135. The first-order valence-corrected chi connectivity index (χ1v) is 34.1. The van der Waals surface area contributed by atoms with Gasteiger partial charge in [0, 0.05) is 97.4 Å². The van der Waals surface area contributed by atoms with Crippen LogP contribution in [0.5, 0.6) is 0 Å². The molecule has 0 aliphatic rings. The van der Waals surface area contributed by atoms with E-state index in [0.717, 1.165) is 0 Å². The van der Waals surface area contributed by atoms with Crippen LogP contribution in [-0.4, -0.2) is 171 Å². The molecule has 32 heteroatoms. The smallest absolute Gasteiger partial charge is 0.407 e. The van der Waals surface area contributed by atoms with E-state index in [9.17, 15) is 58.2 Å². The first-order valence-electron chi connectivity index (χ1n) is 32.6. The number of ether oxygens (including phenoxy) is 4. The number of nitrogens with zero attached hydrogens (tertiary/aromatic N) is 2. The number of carbonyl (C=O) groups excluding carboxylic acids is 8. The molecule has 2 aromatic heterocycles. The Hall–Kier alpha value is -8.28. The van der Waals surface area contributed by atoms with Gasteiger partial charge < -0.3 is 82.3 Å². The molecule has 0 saturated heterocycles. The van der Waals surface area contributed by atoms with Crippen LogP contribution in [0.1, 0.15) is 139 Å². The Kier molecular flexibility index (Phi) is 41.3. The van der Waals surface area contributed by atoms with Gasteiger partial charge in [-0.25, -0.2) is 19.6 Å². The molecule has 2 unspecified atom stereocenters. The number of unbranched alkanes of at least 4 members (excludes halogenated alkanes) is 5. The van der Waals surface area contributed by atoms with Crippen molar-refractivity contribution in [3.63, 3.8) is 0 Å². The minimum absolute atomic E-state index is 0.0336. The van der Waals surface area contributed by atoms with Crippen molar-refractivity contribution in [2.45, 2.75) is 140 Å². The van der Waals surface area contributed by atoms with Crippen molar-refractivity contribution >= 4 is 118 Å². The van der Waals surface area contributed by atoms with Gasteiger partial charge in [0.05, 0.1) is 51.4 Å². The molecular weight excluding hydrogens is 1360 g/mol. The summed E-state index contributed by atoms with van der Waals surface area (Å²) in [7, 11) is 0. The zero-order valence-electron chi connectivity index (χ0n) is 54.6. The van der Waals surface area contributed by atoms with Crippen LogP contribution < -0.4 is 53.2 Å². The summed E-state index contributed by atoms with van der Waals surface area (Å²) in [6, 6.07) is 16.0. The maximum absolute atomic E-state index is 13.7. The van der Waals surface area contributed by atoms with E-state index in [4.69, 9.17) is 65.4 Å². The molecule has 12 N–H and O–H groups in total. The lowest BCUT2D eigenvalue weighted by Crippen LogP contribution is -2.48. The lowest BCUT2D eigenvalue weighted by atomic mass is 10.0. The Morgan fingerprint density at radius 3 is 1.13 bits per heavy atom. The number of aliphatic carboxylic acids is 2. The second-order valence-corrected chi connectivity index (χ2v) is 24.2. The molecule has 4 atom stereocenters. The number of pyridine rings is 2. The van der Waals surface area contributed by atoms with Gasteiger partial charge in [0.15, 0.2) is 0 Å². The Morgan fingerprint density at radius 1 is 0.398 bits per heavy atom. The second-order valence-electron chi connectivity index (χ2n) is 22.4. The van der Waals surface area contributed by atoms with E-state index in [-0.39, 0.29) is 148 Å². The van der Waals surface area contributed by atoms with Gasteiger partial charge in [-0.3, -0.25) is 38.4 Å². The topological polar surface area (TPSA) is 394 Å². The van der Waals surface area contributed by atoms with E-state index in [0.29, 0.717) is 100 Å². The fourth-order valence-corrected chi connectivity index (χ4v) is 10.5. The number of amides is 8. The summed E-state index contributed by atoms with van der Waals surface area (Å²) >= 11 is 24.7. The van der Waals surface area contributed by atoms with Gasteiger partial charge in [-0.05, 0) is 149 Å². The van der Waals surface area contributed by atoms with E-state index in [1.807, 2.05) is 36.4 Å². The van der Waals surface area contributed by atoms with Crippen molar-refractivity contribution in [3.8, 4) is 0 Å². The minimum atomic E-state index is -1.17. The van der Waals surface area contributed by atoms with Crippen molar-refractivity contribution < 1.29 is 77.1 Å². The average molecular weight is 1450 g/mol. The summed E-state index contributed by atoms with van der Waals surface area (Å²) in [6.45, 7) is 2.34. The number of carbonyl (C=O) groups is 10. The number of nitrogens with one attached hydrogen (secondary N) is 10. The SMILES string of the molecule is O=C(O)CC(NC(=O)[C@H](CCCCNC(=O)CCOCCOC(=O)NCCCCNC(=O)OCCOCCC(=O)NCCCC[C@H](NC(=O)CCCCNc1ccccn1)C(=O)NC(CC(=O)O)c1cc(Cl)cc(Cl)c1)NC(=O)CCCCNc1ccccn1)c1cc(Cl)cc(Cl)c1. The summed E-state index contributed by atoms with van der Waals surface area (Å²) in [5.74, 6) is -3.39. The monoisotopic (exact) mass is 1450 g/mol. The third-order valence-corrected chi connectivity index (χ3v) is 15.2. The molecule has 0 radical (unpaired) electrons. The highest BCUT2D eigenvalue weighted by molar-refractivity contribution is 6.35. The number of halogens is 4. The van der Waals surface area contributed by atoms with Gasteiger partial charge in [-0.2, -0.15) is 0 Å².